The number of hydrogen-bond acceptors (Lipinski definition) is 4. The number of rotatable bonds is 5. The fourth-order valence-corrected chi connectivity index (χ4v) is 3.41. The predicted octanol–water partition coefficient (Wildman–Crippen LogP) is 3.10. The number of carbonyl (C=O) groups is 1. The number of phenols is 1. The van der Waals surface area contributed by atoms with Crippen molar-refractivity contribution in [3.05, 3.63) is 59.2 Å². The van der Waals surface area contributed by atoms with E-state index >= 15 is 0 Å². The number of carbonyl (C=O) groups excluding carboxylic acids is 1. The molecule has 3 rings (SSSR count). The van der Waals surface area contributed by atoms with Gasteiger partial charge in [0.05, 0.1) is 12.7 Å². The van der Waals surface area contributed by atoms with Crippen LogP contribution in [0.5, 0.6) is 11.5 Å². The number of nitrogens with zero attached hydrogens (tertiary/aromatic N) is 1. The Balaban J connectivity index is 1.53. The maximum absolute atomic E-state index is 12.4. The van der Waals surface area contributed by atoms with E-state index in [0.29, 0.717) is 5.56 Å². The second kappa shape index (κ2) is 8.23. The number of likely N-dealkylation sites (tertiary alicyclic amines) is 1. The van der Waals surface area contributed by atoms with Crippen molar-refractivity contribution in [2.75, 3.05) is 20.2 Å². The van der Waals surface area contributed by atoms with Gasteiger partial charge in [-0.1, -0.05) is 24.3 Å². The summed E-state index contributed by atoms with van der Waals surface area (Å²) in [7, 11) is 1.70. The summed E-state index contributed by atoms with van der Waals surface area (Å²) in [4.78, 5) is 14.8. The lowest BCUT2D eigenvalue weighted by atomic mass is 10.0. The minimum Gasteiger partial charge on any atom is -0.507 e. The van der Waals surface area contributed by atoms with Gasteiger partial charge in [-0.05, 0) is 43.5 Å². The van der Waals surface area contributed by atoms with Crippen LogP contribution in [0.3, 0.4) is 0 Å². The Hall–Kier alpha value is -2.53. The van der Waals surface area contributed by atoms with E-state index in [1.807, 2.05) is 31.2 Å². The number of phenolic OH excluding ortho intramolecular Hbond substituents is 1. The molecule has 5 heteroatoms. The quantitative estimate of drug-likeness (QED) is 0.866. The summed E-state index contributed by atoms with van der Waals surface area (Å²) in [6.45, 7) is 4.58. The zero-order valence-corrected chi connectivity index (χ0v) is 15.4. The van der Waals surface area contributed by atoms with E-state index in [-0.39, 0.29) is 17.7 Å². The molecule has 0 unspecified atom stereocenters. The van der Waals surface area contributed by atoms with Crippen molar-refractivity contribution in [2.45, 2.75) is 32.4 Å². The number of benzene rings is 2. The van der Waals surface area contributed by atoms with E-state index < -0.39 is 0 Å². The lowest BCUT2D eigenvalue weighted by Crippen LogP contribution is -2.44. The molecule has 2 N–H and O–H groups in total. The lowest BCUT2D eigenvalue weighted by molar-refractivity contribution is 0.0906. The smallest absolute Gasteiger partial charge is 0.255 e. The molecular weight excluding hydrogens is 328 g/mol. The van der Waals surface area contributed by atoms with E-state index in [1.54, 1.807) is 19.2 Å². The molecule has 0 bridgehead atoms. The molecule has 1 aliphatic heterocycles. The van der Waals surface area contributed by atoms with Crippen molar-refractivity contribution in [3.63, 3.8) is 0 Å². The zero-order chi connectivity index (χ0) is 18.5. The molecular formula is C21H26N2O3. The van der Waals surface area contributed by atoms with Crippen LogP contribution in [0.1, 0.15) is 34.3 Å². The van der Waals surface area contributed by atoms with Gasteiger partial charge in [0.25, 0.3) is 5.91 Å². The number of amides is 1. The average molecular weight is 354 g/mol. The fraction of sp³-hybridized carbons (Fsp3) is 0.381. The van der Waals surface area contributed by atoms with Gasteiger partial charge < -0.3 is 15.2 Å². The van der Waals surface area contributed by atoms with Crippen molar-refractivity contribution in [2.24, 2.45) is 0 Å². The molecule has 0 aliphatic carbocycles. The third-order valence-electron chi connectivity index (χ3n) is 4.91. The number of ether oxygens (including phenoxy) is 1. The minimum absolute atomic E-state index is 0.0381. The number of nitrogens with one attached hydrogen (secondary N) is 1. The Morgan fingerprint density at radius 3 is 2.65 bits per heavy atom. The van der Waals surface area contributed by atoms with Crippen LogP contribution < -0.4 is 10.1 Å². The van der Waals surface area contributed by atoms with Gasteiger partial charge in [-0.15, -0.1) is 0 Å². The van der Waals surface area contributed by atoms with Gasteiger partial charge in [-0.25, -0.2) is 0 Å². The maximum atomic E-state index is 12.4. The summed E-state index contributed by atoms with van der Waals surface area (Å²) in [5.74, 6) is 0.750. The Kier molecular flexibility index (Phi) is 5.78. The number of aryl methyl sites for hydroxylation is 1. The van der Waals surface area contributed by atoms with E-state index in [9.17, 15) is 9.90 Å². The standard InChI is InChI=1S/C21H26N2O3/c1-15-7-8-18(19(24)13-15)21(25)22-17-9-11-23(12-10-17)14-16-5-3-4-6-20(16)26-2/h3-8,13,17,24H,9-12,14H2,1-2H3,(H,22,25). The van der Waals surface area contributed by atoms with Crippen LogP contribution in [-0.4, -0.2) is 42.2 Å². The molecule has 0 aromatic heterocycles. The van der Waals surface area contributed by atoms with Crippen LogP contribution in [0.15, 0.2) is 42.5 Å². The Morgan fingerprint density at radius 1 is 1.23 bits per heavy atom. The lowest BCUT2D eigenvalue weighted by Gasteiger charge is -2.32. The predicted molar refractivity (Wildman–Crippen MR) is 102 cm³/mol. The first-order valence-electron chi connectivity index (χ1n) is 9.01. The van der Waals surface area contributed by atoms with Crippen molar-refractivity contribution >= 4 is 5.91 Å². The van der Waals surface area contributed by atoms with Gasteiger partial charge in [0.2, 0.25) is 0 Å². The van der Waals surface area contributed by atoms with Crippen LogP contribution in [-0.2, 0) is 6.54 Å². The van der Waals surface area contributed by atoms with Crippen molar-refractivity contribution in [1.82, 2.24) is 10.2 Å². The van der Waals surface area contributed by atoms with Gasteiger partial charge in [0.1, 0.15) is 11.5 Å². The van der Waals surface area contributed by atoms with Gasteiger partial charge in [-0.3, -0.25) is 9.69 Å². The van der Waals surface area contributed by atoms with E-state index in [4.69, 9.17) is 4.74 Å². The normalized spacial score (nSPS) is 15.6. The van der Waals surface area contributed by atoms with E-state index in [0.717, 1.165) is 43.8 Å². The van der Waals surface area contributed by atoms with E-state index in [1.165, 1.54) is 5.56 Å². The topological polar surface area (TPSA) is 61.8 Å². The first kappa shape index (κ1) is 18.3. The van der Waals surface area contributed by atoms with Crippen LogP contribution in [0, 0.1) is 6.92 Å². The molecule has 0 spiro atoms. The molecule has 1 saturated heterocycles. The monoisotopic (exact) mass is 354 g/mol. The molecule has 1 aliphatic rings. The molecule has 1 fully saturated rings. The number of aromatic hydroxyl groups is 1. The van der Waals surface area contributed by atoms with Crippen LogP contribution in [0.25, 0.3) is 0 Å². The molecule has 2 aromatic carbocycles. The Morgan fingerprint density at radius 2 is 1.96 bits per heavy atom. The Bertz CT molecular complexity index is 768. The number of piperidine rings is 1. The van der Waals surface area contributed by atoms with Gasteiger partial charge in [-0.2, -0.15) is 0 Å². The van der Waals surface area contributed by atoms with Crippen molar-refractivity contribution < 1.29 is 14.6 Å². The van der Waals surface area contributed by atoms with Crippen LogP contribution in [0.4, 0.5) is 0 Å². The fourth-order valence-electron chi connectivity index (χ4n) is 3.41. The first-order valence-corrected chi connectivity index (χ1v) is 9.01. The molecule has 138 valence electrons. The second-order valence-corrected chi connectivity index (χ2v) is 6.86. The van der Waals surface area contributed by atoms with Gasteiger partial charge >= 0.3 is 0 Å². The summed E-state index contributed by atoms with van der Waals surface area (Å²) in [6.07, 6.45) is 1.79. The highest BCUT2D eigenvalue weighted by molar-refractivity contribution is 5.97. The summed E-state index contributed by atoms with van der Waals surface area (Å²) in [5.41, 5.74) is 2.46. The highest BCUT2D eigenvalue weighted by atomic mass is 16.5. The third-order valence-corrected chi connectivity index (χ3v) is 4.91. The molecule has 2 aromatic rings. The third kappa shape index (κ3) is 4.35. The summed E-state index contributed by atoms with van der Waals surface area (Å²) in [6, 6.07) is 13.3. The summed E-state index contributed by atoms with van der Waals surface area (Å²) < 4.78 is 5.42. The summed E-state index contributed by atoms with van der Waals surface area (Å²) >= 11 is 0. The first-order chi connectivity index (χ1) is 12.6. The molecule has 0 radical (unpaired) electrons. The van der Waals surface area contributed by atoms with Gasteiger partial charge in [0.15, 0.2) is 0 Å². The number of para-hydroxylation sites is 1. The molecule has 26 heavy (non-hydrogen) atoms. The highest BCUT2D eigenvalue weighted by Gasteiger charge is 2.22. The van der Waals surface area contributed by atoms with Crippen LogP contribution in [0.2, 0.25) is 0 Å². The Labute approximate surface area is 154 Å². The molecule has 0 saturated carbocycles. The minimum atomic E-state index is -0.203. The summed E-state index contributed by atoms with van der Waals surface area (Å²) in [5, 5.41) is 13.0. The number of methoxy groups -OCH3 is 1. The van der Waals surface area contributed by atoms with Crippen LogP contribution >= 0.6 is 0 Å². The molecule has 1 heterocycles. The number of hydrogen-bond donors (Lipinski definition) is 2. The average Bonchev–Trinajstić information content (AvgIpc) is 2.63. The van der Waals surface area contributed by atoms with Crippen molar-refractivity contribution in [3.8, 4) is 11.5 Å². The van der Waals surface area contributed by atoms with Gasteiger partial charge in [0, 0.05) is 31.2 Å². The van der Waals surface area contributed by atoms with E-state index in [2.05, 4.69) is 16.3 Å². The molecule has 1 amide bonds. The SMILES string of the molecule is COc1ccccc1CN1CCC(NC(=O)c2ccc(C)cc2O)CC1. The maximum Gasteiger partial charge on any atom is 0.255 e. The molecule has 0 atom stereocenters. The second-order valence-electron chi connectivity index (χ2n) is 6.86. The highest BCUT2D eigenvalue weighted by Crippen LogP contribution is 2.22. The zero-order valence-electron chi connectivity index (χ0n) is 15.4. The molecule has 5 nitrogen and oxygen atoms in total. The van der Waals surface area contributed by atoms with Crippen molar-refractivity contribution in [1.29, 1.82) is 0 Å². The largest absolute Gasteiger partial charge is 0.507 e.